The summed E-state index contributed by atoms with van der Waals surface area (Å²) in [5.74, 6) is -3.25. The molecular formula is C25H26N4O5. The first kappa shape index (κ1) is 22.1. The highest BCUT2D eigenvalue weighted by molar-refractivity contribution is 6.15. The predicted molar refractivity (Wildman–Crippen MR) is 122 cm³/mol. The molecule has 2 aromatic rings. The molecule has 34 heavy (non-hydrogen) atoms. The fraction of sp³-hybridized carbons (Fsp3) is 0.360. The zero-order chi connectivity index (χ0) is 24.4. The molecule has 2 aromatic carbocycles. The Hall–Kier alpha value is -3.72. The SMILES string of the molecule is COc1ccccc1CN1C(=O)[C@H]2[C@@H](C1=O)[C@]1(N[C@@H]2CC(N)=O)C(=O)Nc2c(C)cc(C)cc21. The number of nitrogens with zero attached hydrogens (tertiary/aromatic N) is 1. The molecular weight excluding hydrogens is 436 g/mol. The first-order valence-corrected chi connectivity index (χ1v) is 11.1. The number of fused-ring (bicyclic) bond motifs is 4. The molecule has 2 saturated heterocycles. The summed E-state index contributed by atoms with van der Waals surface area (Å²) >= 11 is 0. The highest BCUT2D eigenvalue weighted by Gasteiger charge is 2.70. The maximum absolute atomic E-state index is 13.8. The van der Waals surface area contributed by atoms with E-state index in [0.717, 1.165) is 11.1 Å². The average molecular weight is 463 g/mol. The highest BCUT2D eigenvalue weighted by atomic mass is 16.5. The summed E-state index contributed by atoms with van der Waals surface area (Å²) in [4.78, 5) is 54.1. The van der Waals surface area contributed by atoms with Crippen LogP contribution in [0.2, 0.25) is 0 Å². The molecule has 0 aromatic heterocycles. The van der Waals surface area contributed by atoms with Gasteiger partial charge in [0, 0.05) is 29.3 Å². The quantitative estimate of drug-likeness (QED) is 0.571. The summed E-state index contributed by atoms with van der Waals surface area (Å²) < 4.78 is 5.39. The van der Waals surface area contributed by atoms with Crippen molar-refractivity contribution in [3.63, 3.8) is 0 Å². The fourth-order valence-corrected chi connectivity index (χ4v) is 5.87. The third-order valence-corrected chi connectivity index (χ3v) is 7.20. The van der Waals surface area contributed by atoms with Crippen molar-refractivity contribution in [1.82, 2.24) is 10.2 Å². The Morgan fingerprint density at radius 1 is 1.15 bits per heavy atom. The van der Waals surface area contributed by atoms with Crippen molar-refractivity contribution in [3.05, 3.63) is 58.7 Å². The van der Waals surface area contributed by atoms with Gasteiger partial charge in [-0.2, -0.15) is 0 Å². The number of likely N-dealkylation sites (tertiary alicyclic amines) is 1. The third-order valence-electron chi connectivity index (χ3n) is 7.20. The summed E-state index contributed by atoms with van der Waals surface area (Å²) in [6.07, 6.45) is -0.169. The van der Waals surface area contributed by atoms with Gasteiger partial charge in [-0.15, -0.1) is 0 Å². The number of benzene rings is 2. The van der Waals surface area contributed by atoms with Crippen molar-refractivity contribution in [1.29, 1.82) is 0 Å². The number of carbonyl (C=O) groups is 4. The monoisotopic (exact) mass is 462 g/mol. The van der Waals surface area contributed by atoms with Crippen LogP contribution in [0, 0.1) is 25.7 Å². The minimum Gasteiger partial charge on any atom is -0.496 e. The van der Waals surface area contributed by atoms with E-state index < -0.39 is 47.0 Å². The van der Waals surface area contributed by atoms with Crippen LogP contribution < -0.4 is 21.1 Å². The number of anilines is 1. The fourth-order valence-electron chi connectivity index (χ4n) is 5.87. The second-order valence-electron chi connectivity index (χ2n) is 9.27. The summed E-state index contributed by atoms with van der Waals surface area (Å²) in [7, 11) is 1.52. The van der Waals surface area contributed by atoms with Crippen LogP contribution in [0.5, 0.6) is 5.75 Å². The van der Waals surface area contributed by atoms with E-state index in [0.29, 0.717) is 22.6 Å². The number of methoxy groups -OCH3 is 1. The standard InChI is InChI=1S/C25H26N4O5/c1-12-8-13(2)21-15(9-12)25(24(33)27-21)20-19(16(28-25)10-18(26)30)22(31)29(23(20)32)11-14-6-4-5-7-17(14)34-3/h4-9,16,19-20,28H,10-11H2,1-3H3,(H2,26,30)(H,27,33)/t16-,19-,20+,25+/m1/s1. The topological polar surface area (TPSA) is 131 Å². The number of hydrogen-bond acceptors (Lipinski definition) is 6. The van der Waals surface area contributed by atoms with Gasteiger partial charge in [0.05, 0.1) is 25.5 Å². The zero-order valence-electron chi connectivity index (χ0n) is 19.2. The third kappa shape index (κ3) is 2.96. The Labute approximate surface area is 196 Å². The minimum absolute atomic E-state index is 0.00930. The number of para-hydroxylation sites is 1. The number of primary amides is 1. The van der Waals surface area contributed by atoms with E-state index in [-0.39, 0.29) is 13.0 Å². The highest BCUT2D eigenvalue weighted by Crippen LogP contribution is 2.54. The molecule has 4 amide bonds. The number of imide groups is 1. The van der Waals surface area contributed by atoms with Gasteiger partial charge in [-0.25, -0.2) is 0 Å². The molecule has 3 aliphatic rings. The lowest BCUT2D eigenvalue weighted by molar-refractivity contribution is -0.143. The van der Waals surface area contributed by atoms with E-state index in [2.05, 4.69) is 10.6 Å². The molecule has 4 N–H and O–H groups in total. The van der Waals surface area contributed by atoms with E-state index in [1.54, 1.807) is 24.3 Å². The van der Waals surface area contributed by atoms with Gasteiger partial charge in [0.25, 0.3) is 0 Å². The molecule has 0 unspecified atom stereocenters. The van der Waals surface area contributed by atoms with Crippen LogP contribution in [-0.2, 0) is 31.3 Å². The van der Waals surface area contributed by atoms with Gasteiger partial charge in [0.1, 0.15) is 11.3 Å². The van der Waals surface area contributed by atoms with Crippen molar-refractivity contribution in [2.45, 2.75) is 38.4 Å². The minimum atomic E-state index is -1.46. The number of aryl methyl sites for hydroxylation is 2. The van der Waals surface area contributed by atoms with Crippen molar-refractivity contribution in [3.8, 4) is 5.75 Å². The van der Waals surface area contributed by atoms with E-state index in [9.17, 15) is 19.2 Å². The molecule has 176 valence electrons. The molecule has 9 heteroatoms. The maximum atomic E-state index is 13.8. The number of carbonyl (C=O) groups excluding carboxylic acids is 4. The van der Waals surface area contributed by atoms with Crippen LogP contribution >= 0.6 is 0 Å². The smallest absolute Gasteiger partial charge is 0.250 e. The van der Waals surface area contributed by atoms with Gasteiger partial charge in [-0.05, 0) is 25.5 Å². The number of hydrogen-bond donors (Lipinski definition) is 3. The molecule has 4 atom stereocenters. The van der Waals surface area contributed by atoms with Crippen LogP contribution in [0.1, 0.15) is 28.7 Å². The van der Waals surface area contributed by atoms with Crippen LogP contribution in [-0.4, -0.2) is 41.7 Å². The van der Waals surface area contributed by atoms with Crippen LogP contribution in [0.15, 0.2) is 36.4 Å². The van der Waals surface area contributed by atoms with Gasteiger partial charge >= 0.3 is 0 Å². The molecule has 3 aliphatic heterocycles. The Morgan fingerprint density at radius 2 is 1.88 bits per heavy atom. The Kier molecular flexibility index (Phi) is 4.98. The van der Waals surface area contributed by atoms with Gasteiger partial charge in [-0.3, -0.25) is 29.4 Å². The molecule has 0 aliphatic carbocycles. The first-order chi connectivity index (χ1) is 16.2. The van der Waals surface area contributed by atoms with E-state index in [4.69, 9.17) is 10.5 Å². The lowest BCUT2D eigenvalue weighted by Crippen LogP contribution is -2.53. The summed E-state index contributed by atoms with van der Waals surface area (Å²) in [5.41, 5.74) is 7.74. The van der Waals surface area contributed by atoms with Crippen LogP contribution in [0.3, 0.4) is 0 Å². The Balaban J connectivity index is 1.63. The normalized spacial score (nSPS) is 27.2. The molecule has 0 bridgehead atoms. The molecule has 1 spiro atoms. The second kappa shape index (κ2) is 7.66. The van der Waals surface area contributed by atoms with Gasteiger partial charge in [0.2, 0.25) is 23.6 Å². The number of ether oxygens (including phenoxy) is 1. The molecule has 0 saturated carbocycles. The Bertz CT molecular complexity index is 1260. The van der Waals surface area contributed by atoms with Gasteiger partial charge in [-0.1, -0.05) is 35.9 Å². The van der Waals surface area contributed by atoms with E-state index in [1.165, 1.54) is 12.0 Å². The van der Waals surface area contributed by atoms with Gasteiger partial charge < -0.3 is 15.8 Å². The first-order valence-electron chi connectivity index (χ1n) is 11.1. The summed E-state index contributed by atoms with van der Waals surface area (Å²) in [6.45, 7) is 3.80. The second-order valence-corrected chi connectivity index (χ2v) is 9.27. The van der Waals surface area contributed by atoms with Gasteiger partial charge in [0.15, 0.2) is 0 Å². The zero-order valence-corrected chi connectivity index (χ0v) is 19.2. The molecule has 3 heterocycles. The van der Waals surface area contributed by atoms with Crippen molar-refractivity contribution >= 4 is 29.3 Å². The lowest BCUT2D eigenvalue weighted by Gasteiger charge is -2.29. The van der Waals surface area contributed by atoms with E-state index >= 15 is 0 Å². The lowest BCUT2D eigenvalue weighted by atomic mass is 9.76. The maximum Gasteiger partial charge on any atom is 0.250 e. The molecule has 9 nitrogen and oxygen atoms in total. The van der Waals surface area contributed by atoms with Crippen molar-refractivity contribution < 1.29 is 23.9 Å². The number of amides is 4. The number of nitrogens with one attached hydrogen (secondary N) is 2. The largest absolute Gasteiger partial charge is 0.496 e. The summed E-state index contributed by atoms with van der Waals surface area (Å²) in [6, 6.07) is 10.2. The summed E-state index contributed by atoms with van der Waals surface area (Å²) in [5, 5.41) is 6.13. The molecule has 5 rings (SSSR count). The predicted octanol–water partition coefficient (Wildman–Crippen LogP) is 1.11. The average Bonchev–Trinajstić information content (AvgIpc) is 3.35. The van der Waals surface area contributed by atoms with Crippen molar-refractivity contribution in [2.24, 2.45) is 17.6 Å². The molecule has 2 fully saturated rings. The van der Waals surface area contributed by atoms with Crippen LogP contribution in [0.4, 0.5) is 5.69 Å². The van der Waals surface area contributed by atoms with Crippen molar-refractivity contribution in [2.75, 3.05) is 12.4 Å². The number of rotatable bonds is 5. The molecule has 0 radical (unpaired) electrons. The Morgan fingerprint density at radius 3 is 2.59 bits per heavy atom. The van der Waals surface area contributed by atoms with E-state index in [1.807, 2.05) is 26.0 Å². The number of nitrogens with two attached hydrogens (primary N) is 1. The van der Waals surface area contributed by atoms with Crippen LogP contribution in [0.25, 0.3) is 0 Å².